The molecule has 0 aromatic rings. The molecule has 1 aliphatic heterocycles. The first-order chi connectivity index (χ1) is 7.26. The lowest BCUT2D eigenvalue weighted by molar-refractivity contribution is 0.153. The molecule has 1 fully saturated rings. The van der Waals surface area contributed by atoms with Crippen molar-refractivity contribution in [2.45, 2.75) is 51.6 Å². The van der Waals surface area contributed by atoms with Crippen molar-refractivity contribution in [3.63, 3.8) is 0 Å². The molecule has 0 amide bonds. The summed E-state index contributed by atoms with van der Waals surface area (Å²) in [6, 6.07) is -0.270. The maximum Gasteiger partial charge on any atom is 0.280 e. The van der Waals surface area contributed by atoms with Crippen LogP contribution in [0.15, 0.2) is 0 Å². The van der Waals surface area contributed by atoms with Gasteiger partial charge in [-0.3, -0.25) is 0 Å². The van der Waals surface area contributed by atoms with Crippen molar-refractivity contribution in [2.24, 2.45) is 0 Å². The van der Waals surface area contributed by atoms with Crippen LogP contribution >= 0.6 is 0 Å². The molecule has 1 unspecified atom stereocenters. The van der Waals surface area contributed by atoms with Crippen molar-refractivity contribution in [1.29, 1.82) is 0 Å². The van der Waals surface area contributed by atoms with Crippen molar-refractivity contribution >= 4 is 10.2 Å². The summed E-state index contributed by atoms with van der Waals surface area (Å²) in [7, 11) is -3.48. The first-order valence-electron chi connectivity index (χ1n) is 5.68. The standard InChI is InChI=1S/C10H22N2O3S/c1-10(2,3)11-16(14,15)12-7-5-4-6-9(12)8-13/h9,11,13H,4-8H2,1-3H3. The molecule has 2 N–H and O–H groups in total. The minimum absolute atomic E-state index is 0.106. The van der Waals surface area contributed by atoms with Gasteiger partial charge in [0.15, 0.2) is 0 Å². The summed E-state index contributed by atoms with van der Waals surface area (Å²) in [5.41, 5.74) is -0.490. The zero-order valence-corrected chi connectivity index (χ0v) is 11.0. The molecule has 0 bridgehead atoms. The number of aliphatic hydroxyl groups excluding tert-OH is 1. The van der Waals surface area contributed by atoms with Gasteiger partial charge in [0.25, 0.3) is 10.2 Å². The Morgan fingerprint density at radius 2 is 2.00 bits per heavy atom. The Labute approximate surface area is 98.0 Å². The van der Waals surface area contributed by atoms with Gasteiger partial charge in [-0.25, -0.2) is 0 Å². The van der Waals surface area contributed by atoms with Crippen LogP contribution in [0.3, 0.4) is 0 Å². The number of aliphatic hydroxyl groups is 1. The third-order valence-electron chi connectivity index (χ3n) is 2.53. The maximum absolute atomic E-state index is 12.1. The third-order valence-corrected chi connectivity index (χ3v) is 4.50. The number of hydrogen-bond donors (Lipinski definition) is 2. The molecule has 0 aromatic carbocycles. The Hall–Kier alpha value is -0.170. The minimum atomic E-state index is -3.48. The molecule has 0 aliphatic carbocycles. The first kappa shape index (κ1) is 13.9. The second-order valence-corrected chi connectivity index (χ2v) is 6.92. The van der Waals surface area contributed by atoms with Gasteiger partial charge in [-0.2, -0.15) is 17.4 Å². The predicted octanol–water partition coefficient (Wildman–Crippen LogP) is 0.466. The van der Waals surface area contributed by atoms with Gasteiger partial charge in [-0.1, -0.05) is 6.42 Å². The lowest BCUT2D eigenvalue weighted by Crippen LogP contribution is -2.54. The van der Waals surface area contributed by atoms with E-state index in [1.165, 1.54) is 4.31 Å². The molecule has 16 heavy (non-hydrogen) atoms. The molecule has 1 aliphatic rings. The van der Waals surface area contributed by atoms with E-state index in [0.29, 0.717) is 6.54 Å². The zero-order chi connectivity index (χ0) is 12.4. The summed E-state index contributed by atoms with van der Waals surface area (Å²) in [6.07, 6.45) is 2.58. The molecule has 1 heterocycles. The van der Waals surface area contributed by atoms with E-state index in [2.05, 4.69) is 4.72 Å². The van der Waals surface area contributed by atoms with E-state index in [1.807, 2.05) is 20.8 Å². The molecule has 6 heteroatoms. The summed E-state index contributed by atoms with van der Waals surface area (Å²) in [4.78, 5) is 0. The van der Waals surface area contributed by atoms with Gasteiger partial charge in [0.05, 0.1) is 6.61 Å². The summed E-state index contributed by atoms with van der Waals surface area (Å²) in [5.74, 6) is 0. The Kier molecular flexibility index (Phi) is 4.34. The van der Waals surface area contributed by atoms with Crippen molar-refractivity contribution in [2.75, 3.05) is 13.2 Å². The van der Waals surface area contributed by atoms with Crippen LogP contribution in [-0.2, 0) is 10.2 Å². The van der Waals surface area contributed by atoms with Gasteiger partial charge in [0.2, 0.25) is 0 Å². The molecule has 5 nitrogen and oxygen atoms in total. The second kappa shape index (κ2) is 5.00. The maximum atomic E-state index is 12.1. The predicted molar refractivity (Wildman–Crippen MR) is 63.2 cm³/mol. The quantitative estimate of drug-likeness (QED) is 0.765. The average Bonchev–Trinajstić information content (AvgIpc) is 2.14. The normalized spacial score (nSPS) is 24.6. The summed E-state index contributed by atoms with van der Waals surface area (Å²) < 4.78 is 28.2. The Bertz CT molecular complexity index is 321. The van der Waals surface area contributed by atoms with Crippen LogP contribution in [0.1, 0.15) is 40.0 Å². The molecule has 1 atom stereocenters. The number of rotatable bonds is 3. The average molecular weight is 250 g/mol. The molecule has 0 aromatic heterocycles. The number of nitrogens with one attached hydrogen (secondary N) is 1. The monoisotopic (exact) mass is 250 g/mol. The SMILES string of the molecule is CC(C)(C)NS(=O)(=O)N1CCCCC1CO. The van der Waals surface area contributed by atoms with E-state index in [-0.39, 0.29) is 12.6 Å². The Morgan fingerprint density at radius 3 is 2.50 bits per heavy atom. The van der Waals surface area contributed by atoms with Gasteiger partial charge < -0.3 is 5.11 Å². The summed E-state index contributed by atoms with van der Waals surface area (Å²) in [6.45, 7) is 5.81. The Balaban J connectivity index is 2.80. The van der Waals surface area contributed by atoms with Crippen LogP contribution < -0.4 is 4.72 Å². The highest BCUT2D eigenvalue weighted by Gasteiger charge is 2.33. The number of hydrogen-bond acceptors (Lipinski definition) is 3. The molecule has 0 radical (unpaired) electrons. The third kappa shape index (κ3) is 3.69. The zero-order valence-electron chi connectivity index (χ0n) is 10.2. The van der Waals surface area contributed by atoms with Crippen molar-refractivity contribution in [3.8, 4) is 0 Å². The fourth-order valence-corrected chi connectivity index (χ4v) is 3.74. The van der Waals surface area contributed by atoms with Gasteiger partial charge in [-0.05, 0) is 33.6 Å². The van der Waals surface area contributed by atoms with Crippen LogP contribution in [0.25, 0.3) is 0 Å². The summed E-state index contributed by atoms with van der Waals surface area (Å²) in [5, 5.41) is 9.19. The molecule has 0 spiro atoms. The first-order valence-corrected chi connectivity index (χ1v) is 7.12. The fourth-order valence-electron chi connectivity index (χ4n) is 1.92. The number of piperidine rings is 1. The smallest absolute Gasteiger partial charge is 0.280 e. The highest BCUT2D eigenvalue weighted by Crippen LogP contribution is 2.20. The molecule has 0 saturated carbocycles. The highest BCUT2D eigenvalue weighted by atomic mass is 32.2. The number of nitrogens with zero attached hydrogens (tertiary/aromatic N) is 1. The largest absolute Gasteiger partial charge is 0.395 e. The van der Waals surface area contributed by atoms with E-state index in [4.69, 9.17) is 0 Å². The lowest BCUT2D eigenvalue weighted by Gasteiger charge is -2.35. The highest BCUT2D eigenvalue weighted by molar-refractivity contribution is 7.87. The second-order valence-electron chi connectivity index (χ2n) is 5.30. The molecular weight excluding hydrogens is 228 g/mol. The van der Waals surface area contributed by atoms with Crippen molar-refractivity contribution < 1.29 is 13.5 Å². The van der Waals surface area contributed by atoms with E-state index < -0.39 is 15.7 Å². The minimum Gasteiger partial charge on any atom is -0.395 e. The molecule has 1 saturated heterocycles. The molecular formula is C10H22N2O3S. The topological polar surface area (TPSA) is 69.6 Å². The molecule has 1 rings (SSSR count). The van der Waals surface area contributed by atoms with Crippen molar-refractivity contribution in [1.82, 2.24) is 9.03 Å². The van der Waals surface area contributed by atoms with Gasteiger partial charge in [-0.15, -0.1) is 0 Å². The van der Waals surface area contributed by atoms with Crippen LogP contribution in [0, 0.1) is 0 Å². The van der Waals surface area contributed by atoms with E-state index in [1.54, 1.807) is 0 Å². The van der Waals surface area contributed by atoms with Crippen LogP contribution in [-0.4, -0.2) is 42.6 Å². The fraction of sp³-hybridized carbons (Fsp3) is 1.00. The van der Waals surface area contributed by atoms with Gasteiger partial charge >= 0.3 is 0 Å². The van der Waals surface area contributed by atoms with Crippen LogP contribution in [0.2, 0.25) is 0 Å². The van der Waals surface area contributed by atoms with Crippen molar-refractivity contribution in [3.05, 3.63) is 0 Å². The molecule has 96 valence electrons. The van der Waals surface area contributed by atoms with E-state index >= 15 is 0 Å². The lowest BCUT2D eigenvalue weighted by atomic mass is 10.1. The van der Waals surface area contributed by atoms with E-state index in [9.17, 15) is 13.5 Å². The summed E-state index contributed by atoms with van der Waals surface area (Å²) >= 11 is 0. The van der Waals surface area contributed by atoms with Crippen LogP contribution in [0.4, 0.5) is 0 Å². The van der Waals surface area contributed by atoms with Crippen LogP contribution in [0.5, 0.6) is 0 Å². The van der Waals surface area contributed by atoms with Gasteiger partial charge in [0, 0.05) is 18.1 Å². The Morgan fingerprint density at radius 1 is 1.38 bits per heavy atom. The van der Waals surface area contributed by atoms with Gasteiger partial charge in [0.1, 0.15) is 0 Å². The van der Waals surface area contributed by atoms with E-state index in [0.717, 1.165) is 19.3 Å².